The molecule has 3 heteroatoms. The molecule has 1 aliphatic carbocycles. The van der Waals surface area contributed by atoms with Crippen LogP contribution < -0.4 is 0 Å². The maximum absolute atomic E-state index is 12.7. The molecule has 0 bridgehead atoms. The van der Waals surface area contributed by atoms with Crippen LogP contribution in [0.15, 0.2) is 12.7 Å². The zero-order chi connectivity index (χ0) is 15.6. The van der Waals surface area contributed by atoms with E-state index >= 15 is 0 Å². The standard InChI is InChI=1S/C17H30O3/c1-7-17(9-8-14(18)11-17)20-15(19)16(6,13(4)5)10-12(2)3/h7,12-14,18H,1,8-11H2,2-6H3. The van der Waals surface area contributed by atoms with Crippen molar-refractivity contribution < 1.29 is 14.6 Å². The van der Waals surface area contributed by atoms with Gasteiger partial charge in [-0.1, -0.05) is 34.3 Å². The third-order valence-electron chi connectivity index (χ3n) is 4.72. The molecule has 0 amide bonds. The minimum Gasteiger partial charge on any atom is -0.454 e. The van der Waals surface area contributed by atoms with Gasteiger partial charge in [0.05, 0.1) is 11.5 Å². The monoisotopic (exact) mass is 282 g/mol. The Hall–Kier alpha value is -0.830. The number of rotatable bonds is 6. The molecule has 0 aromatic carbocycles. The Morgan fingerprint density at radius 1 is 1.50 bits per heavy atom. The normalized spacial score (nSPS) is 29.5. The number of aliphatic hydroxyl groups is 1. The summed E-state index contributed by atoms with van der Waals surface area (Å²) in [4.78, 5) is 12.7. The topological polar surface area (TPSA) is 46.5 Å². The van der Waals surface area contributed by atoms with Crippen LogP contribution in [-0.2, 0) is 9.53 Å². The summed E-state index contributed by atoms with van der Waals surface area (Å²) in [6.07, 6.45) is 3.91. The van der Waals surface area contributed by atoms with E-state index in [1.807, 2.05) is 6.92 Å². The molecule has 3 atom stereocenters. The Balaban J connectivity index is 2.88. The molecule has 0 aliphatic heterocycles. The van der Waals surface area contributed by atoms with E-state index in [1.54, 1.807) is 6.08 Å². The van der Waals surface area contributed by atoms with Gasteiger partial charge in [-0.25, -0.2) is 0 Å². The van der Waals surface area contributed by atoms with Gasteiger partial charge in [0, 0.05) is 6.42 Å². The molecule has 3 unspecified atom stereocenters. The van der Waals surface area contributed by atoms with Crippen molar-refractivity contribution in [3.63, 3.8) is 0 Å². The molecule has 0 radical (unpaired) electrons. The highest BCUT2D eigenvalue weighted by Gasteiger charge is 2.45. The quantitative estimate of drug-likeness (QED) is 0.597. The van der Waals surface area contributed by atoms with Gasteiger partial charge in [-0.05, 0) is 44.1 Å². The van der Waals surface area contributed by atoms with Crippen molar-refractivity contribution in [3.8, 4) is 0 Å². The molecule has 1 saturated carbocycles. The Kier molecular flexibility index (Phi) is 5.42. The van der Waals surface area contributed by atoms with Gasteiger partial charge in [0.2, 0.25) is 0 Å². The SMILES string of the molecule is C=CC1(OC(=O)C(C)(CC(C)C)C(C)C)CCC(O)C1. The van der Waals surface area contributed by atoms with Crippen LogP contribution in [0.25, 0.3) is 0 Å². The first kappa shape index (κ1) is 17.2. The molecule has 0 aromatic heterocycles. The number of carbonyl (C=O) groups is 1. The third-order valence-corrected chi connectivity index (χ3v) is 4.72. The average Bonchev–Trinajstić information content (AvgIpc) is 2.70. The molecule has 0 aromatic rings. The van der Waals surface area contributed by atoms with Crippen LogP contribution in [-0.4, -0.2) is 22.8 Å². The maximum Gasteiger partial charge on any atom is 0.312 e. The Morgan fingerprint density at radius 3 is 2.45 bits per heavy atom. The van der Waals surface area contributed by atoms with Crippen LogP contribution in [0.3, 0.4) is 0 Å². The summed E-state index contributed by atoms with van der Waals surface area (Å²) in [5.41, 5.74) is -1.17. The molecule has 1 fully saturated rings. The third kappa shape index (κ3) is 3.63. The number of hydrogen-bond acceptors (Lipinski definition) is 3. The van der Waals surface area contributed by atoms with Crippen molar-refractivity contribution in [2.45, 2.75) is 72.0 Å². The zero-order valence-corrected chi connectivity index (χ0v) is 13.6. The Labute approximate surface area is 123 Å². The molecule has 1 rings (SSSR count). The molecule has 1 N–H and O–H groups in total. The zero-order valence-electron chi connectivity index (χ0n) is 13.6. The van der Waals surface area contributed by atoms with E-state index in [0.29, 0.717) is 25.2 Å². The minimum atomic E-state index is -0.677. The summed E-state index contributed by atoms with van der Waals surface area (Å²) in [7, 11) is 0. The predicted octanol–water partition coefficient (Wildman–Crippen LogP) is 3.71. The molecule has 0 saturated heterocycles. The van der Waals surface area contributed by atoms with Crippen LogP contribution in [0.1, 0.15) is 60.3 Å². The molecule has 20 heavy (non-hydrogen) atoms. The highest BCUT2D eigenvalue weighted by Crippen LogP contribution is 2.41. The van der Waals surface area contributed by atoms with Gasteiger partial charge in [0.1, 0.15) is 5.60 Å². The van der Waals surface area contributed by atoms with Gasteiger partial charge in [0.25, 0.3) is 0 Å². The molecule has 3 nitrogen and oxygen atoms in total. The molecular weight excluding hydrogens is 252 g/mol. The fourth-order valence-corrected chi connectivity index (χ4v) is 3.04. The van der Waals surface area contributed by atoms with E-state index < -0.39 is 17.1 Å². The summed E-state index contributed by atoms with van der Waals surface area (Å²) in [5, 5.41) is 9.73. The number of aliphatic hydroxyl groups excluding tert-OH is 1. The van der Waals surface area contributed by atoms with E-state index in [9.17, 15) is 9.90 Å². The van der Waals surface area contributed by atoms with Crippen LogP contribution in [0, 0.1) is 17.3 Å². The van der Waals surface area contributed by atoms with Crippen LogP contribution in [0.2, 0.25) is 0 Å². The van der Waals surface area contributed by atoms with Gasteiger partial charge in [0.15, 0.2) is 0 Å². The lowest BCUT2D eigenvalue weighted by Crippen LogP contribution is -2.42. The summed E-state index contributed by atoms with van der Waals surface area (Å²) in [6.45, 7) is 14.2. The van der Waals surface area contributed by atoms with Gasteiger partial charge >= 0.3 is 5.97 Å². The summed E-state index contributed by atoms with van der Waals surface area (Å²) in [6, 6.07) is 0. The van der Waals surface area contributed by atoms with Crippen LogP contribution in [0.5, 0.6) is 0 Å². The predicted molar refractivity (Wildman–Crippen MR) is 81.3 cm³/mol. The number of esters is 1. The highest BCUT2D eigenvalue weighted by molar-refractivity contribution is 5.77. The molecule has 1 aliphatic rings. The lowest BCUT2D eigenvalue weighted by Gasteiger charge is -2.37. The average molecular weight is 282 g/mol. The summed E-state index contributed by atoms with van der Waals surface area (Å²) in [5.74, 6) is 0.490. The first-order valence-corrected chi connectivity index (χ1v) is 7.70. The van der Waals surface area contributed by atoms with Gasteiger partial charge < -0.3 is 9.84 Å². The second-order valence-electron chi connectivity index (χ2n) is 7.23. The Morgan fingerprint density at radius 2 is 2.10 bits per heavy atom. The van der Waals surface area contributed by atoms with Crippen molar-refractivity contribution in [3.05, 3.63) is 12.7 Å². The van der Waals surface area contributed by atoms with E-state index in [-0.39, 0.29) is 11.9 Å². The van der Waals surface area contributed by atoms with Crippen molar-refractivity contribution in [2.24, 2.45) is 17.3 Å². The van der Waals surface area contributed by atoms with E-state index in [4.69, 9.17) is 4.74 Å². The lowest BCUT2D eigenvalue weighted by atomic mass is 9.73. The van der Waals surface area contributed by atoms with Crippen molar-refractivity contribution in [1.29, 1.82) is 0 Å². The maximum atomic E-state index is 12.7. The first-order chi connectivity index (χ1) is 9.15. The smallest absolute Gasteiger partial charge is 0.312 e. The first-order valence-electron chi connectivity index (χ1n) is 7.70. The molecule has 0 spiro atoms. The lowest BCUT2D eigenvalue weighted by molar-refractivity contribution is -0.171. The summed E-state index contributed by atoms with van der Waals surface area (Å²) >= 11 is 0. The highest BCUT2D eigenvalue weighted by atomic mass is 16.6. The second kappa shape index (κ2) is 6.30. The number of hydrogen-bond donors (Lipinski definition) is 1. The largest absolute Gasteiger partial charge is 0.454 e. The van der Waals surface area contributed by atoms with E-state index in [1.165, 1.54) is 0 Å². The van der Waals surface area contributed by atoms with Gasteiger partial charge in [-0.15, -0.1) is 0 Å². The molecular formula is C17H30O3. The van der Waals surface area contributed by atoms with Crippen molar-refractivity contribution >= 4 is 5.97 Å². The number of ether oxygens (including phenoxy) is 1. The number of carbonyl (C=O) groups excluding carboxylic acids is 1. The fourth-order valence-electron chi connectivity index (χ4n) is 3.04. The van der Waals surface area contributed by atoms with Crippen LogP contribution >= 0.6 is 0 Å². The Bertz CT molecular complexity index is 361. The van der Waals surface area contributed by atoms with Gasteiger partial charge in [-0.3, -0.25) is 4.79 Å². The van der Waals surface area contributed by atoms with E-state index in [0.717, 1.165) is 6.42 Å². The molecule has 116 valence electrons. The van der Waals surface area contributed by atoms with Gasteiger partial charge in [-0.2, -0.15) is 0 Å². The minimum absolute atomic E-state index is 0.157. The van der Waals surface area contributed by atoms with Crippen molar-refractivity contribution in [1.82, 2.24) is 0 Å². The second-order valence-corrected chi connectivity index (χ2v) is 7.23. The fraction of sp³-hybridized carbons (Fsp3) is 0.824. The molecule has 0 heterocycles. The van der Waals surface area contributed by atoms with E-state index in [2.05, 4.69) is 34.3 Å². The van der Waals surface area contributed by atoms with Crippen molar-refractivity contribution in [2.75, 3.05) is 0 Å². The van der Waals surface area contributed by atoms with Crippen LogP contribution in [0.4, 0.5) is 0 Å². The summed E-state index contributed by atoms with van der Waals surface area (Å²) < 4.78 is 5.83.